The Balaban J connectivity index is 1.92. The van der Waals surface area contributed by atoms with Gasteiger partial charge in [0.15, 0.2) is 0 Å². The predicted octanol–water partition coefficient (Wildman–Crippen LogP) is 3.93. The van der Waals surface area contributed by atoms with E-state index in [1.165, 1.54) is 30.0 Å². The number of hydrogen-bond donors (Lipinski definition) is 1. The van der Waals surface area contributed by atoms with Crippen LogP contribution in [0.2, 0.25) is 0 Å². The molecular formula is C14H24N2S. The summed E-state index contributed by atoms with van der Waals surface area (Å²) in [6.45, 7) is 9.07. The topological polar surface area (TPSA) is 24.9 Å². The predicted molar refractivity (Wildman–Crippen MR) is 74.4 cm³/mol. The SMILES string of the molecule is Cc1nc(C(C)NC2CCC(C)CC2C)cs1. The molecule has 4 atom stereocenters. The number of aromatic nitrogens is 1. The molecular weight excluding hydrogens is 228 g/mol. The van der Waals surface area contributed by atoms with Gasteiger partial charge in [0.2, 0.25) is 0 Å². The lowest BCUT2D eigenvalue weighted by atomic mass is 9.79. The van der Waals surface area contributed by atoms with E-state index in [4.69, 9.17) is 0 Å². The largest absolute Gasteiger partial charge is 0.306 e. The lowest BCUT2D eigenvalue weighted by Crippen LogP contribution is -2.40. The minimum absolute atomic E-state index is 0.390. The number of hydrogen-bond acceptors (Lipinski definition) is 3. The van der Waals surface area contributed by atoms with Gasteiger partial charge in [-0.3, -0.25) is 0 Å². The van der Waals surface area contributed by atoms with Crippen LogP contribution in [0, 0.1) is 18.8 Å². The lowest BCUT2D eigenvalue weighted by Gasteiger charge is -2.35. The summed E-state index contributed by atoms with van der Waals surface area (Å²) >= 11 is 1.74. The highest BCUT2D eigenvalue weighted by molar-refractivity contribution is 7.09. The summed E-state index contributed by atoms with van der Waals surface area (Å²) in [5, 5.41) is 7.11. The summed E-state index contributed by atoms with van der Waals surface area (Å²) < 4.78 is 0. The van der Waals surface area contributed by atoms with E-state index in [1.54, 1.807) is 11.3 Å². The third kappa shape index (κ3) is 3.29. The normalized spacial score (nSPS) is 31.4. The van der Waals surface area contributed by atoms with Crippen LogP contribution in [0.25, 0.3) is 0 Å². The van der Waals surface area contributed by atoms with Crippen LogP contribution in [0.3, 0.4) is 0 Å². The number of nitrogens with one attached hydrogen (secondary N) is 1. The van der Waals surface area contributed by atoms with Crippen molar-refractivity contribution < 1.29 is 0 Å². The molecule has 1 aliphatic carbocycles. The van der Waals surface area contributed by atoms with Crippen molar-refractivity contribution in [2.45, 2.75) is 59.0 Å². The summed E-state index contributed by atoms with van der Waals surface area (Å²) in [7, 11) is 0. The van der Waals surface area contributed by atoms with Crippen LogP contribution in [0.4, 0.5) is 0 Å². The maximum Gasteiger partial charge on any atom is 0.0898 e. The average molecular weight is 252 g/mol. The first-order valence-corrected chi connectivity index (χ1v) is 7.62. The molecule has 1 fully saturated rings. The van der Waals surface area contributed by atoms with E-state index in [1.807, 2.05) is 0 Å². The van der Waals surface area contributed by atoms with Gasteiger partial charge in [0.05, 0.1) is 10.7 Å². The van der Waals surface area contributed by atoms with E-state index >= 15 is 0 Å². The van der Waals surface area contributed by atoms with Gasteiger partial charge in [-0.25, -0.2) is 4.98 Å². The molecule has 0 amide bonds. The molecule has 0 bridgehead atoms. The molecule has 1 N–H and O–H groups in total. The van der Waals surface area contributed by atoms with Gasteiger partial charge in [0.1, 0.15) is 0 Å². The van der Waals surface area contributed by atoms with Gasteiger partial charge in [-0.1, -0.05) is 13.8 Å². The molecule has 1 aliphatic rings. The zero-order valence-corrected chi connectivity index (χ0v) is 12.2. The van der Waals surface area contributed by atoms with E-state index in [0.717, 1.165) is 11.8 Å². The molecule has 0 radical (unpaired) electrons. The molecule has 1 aromatic rings. The van der Waals surface area contributed by atoms with Crippen molar-refractivity contribution in [2.24, 2.45) is 11.8 Å². The Hall–Kier alpha value is -0.410. The first kappa shape index (κ1) is 13.0. The number of thiazole rings is 1. The monoisotopic (exact) mass is 252 g/mol. The molecule has 0 aromatic carbocycles. The van der Waals surface area contributed by atoms with Gasteiger partial charge in [0, 0.05) is 17.5 Å². The zero-order valence-electron chi connectivity index (χ0n) is 11.4. The van der Waals surface area contributed by atoms with Crippen molar-refractivity contribution in [2.75, 3.05) is 0 Å². The molecule has 1 aromatic heterocycles. The van der Waals surface area contributed by atoms with Gasteiger partial charge in [-0.2, -0.15) is 0 Å². The van der Waals surface area contributed by atoms with Crippen molar-refractivity contribution in [1.29, 1.82) is 0 Å². The maximum absolute atomic E-state index is 4.57. The maximum atomic E-state index is 4.57. The molecule has 0 saturated heterocycles. The Kier molecular flexibility index (Phi) is 4.21. The highest BCUT2D eigenvalue weighted by atomic mass is 32.1. The van der Waals surface area contributed by atoms with Crippen molar-refractivity contribution in [3.8, 4) is 0 Å². The van der Waals surface area contributed by atoms with Crippen molar-refractivity contribution in [3.63, 3.8) is 0 Å². The first-order valence-electron chi connectivity index (χ1n) is 6.74. The average Bonchev–Trinajstić information content (AvgIpc) is 2.69. The van der Waals surface area contributed by atoms with E-state index in [2.05, 4.69) is 43.4 Å². The molecule has 3 heteroatoms. The third-order valence-corrected chi connectivity index (χ3v) is 4.77. The smallest absolute Gasteiger partial charge is 0.0898 e. The summed E-state index contributed by atoms with van der Waals surface area (Å²) in [4.78, 5) is 4.57. The fourth-order valence-electron chi connectivity index (χ4n) is 2.90. The van der Waals surface area contributed by atoms with E-state index in [-0.39, 0.29) is 0 Å². The lowest BCUT2D eigenvalue weighted by molar-refractivity contribution is 0.216. The molecule has 0 aliphatic heterocycles. The Bertz CT molecular complexity index is 361. The molecule has 96 valence electrons. The molecule has 2 rings (SSSR count). The molecule has 4 unspecified atom stereocenters. The van der Waals surface area contributed by atoms with Gasteiger partial charge >= 0.3 is 0 Å². The number of rotatable bonds is 3. The highest BCUT2D eigenvalue weighted by Gasteiger charge is 2.26. The number of aryl methyl sites for hydroxylation is 1. The second-order valence-corrected chi connectivity index (χ2v) is 6.74. The van der Waals surface area contributed by atoms with Crippen LogP contribution >= 0.6 is 11.3 Å². The van der Waals surface area contributed by atoms with Crippen LogP contribution < -0.4 is 5.32 Å². The first-order chi connectivity index (χ1) is 8.06. The Labute approximate surface area is 109 Å². The summed E-state index contributed by atoms with van der Waals surface area (Å²) in [6, 6.07) is 1.06. The van der Waals surface area contributed by atoms with Crippen LogP contribution in [0.1, 0.15) is 56.8 Å². The molecule has 1 heterocycles. The van der Waals surface area contributed by atoms with Crippen molar-refractivity contribution in [1.82, 2.24) is 10.3 Å². The van der Waals surface area contributed by atoms with Gasteiger partial charge in [0.25, 0.3) is 0 Å². The Morgan fingerprint density at radius 2 is 2.18 bits per heavy atom. The second-order valence-electron chi connectivity index (χ2n) is 5.68. The van der Waals surface area contributed by atoms with Gasteiger partial charge in [-0.15, -0.1) is 11.3 Å². The molecule has 17 heavy (non-hydrogen) atoms. The quantitative estimate of drug-likeness (QED) is 0.881. The molecule has 2 nitrogen and oxygen atoms in total. The van der Waals surface area contributed by atoms with Crippen LogP contribution in [-0.4, -0.2) is 11.0 Å². The molecule has 0 spiro atoms. The highest BCUT2D eigenvalue weighted by Crippen LogP contribution is 2.30. The number of nitrogens with zero attached hydrogens (tertiary/aromatic N) is 1. The summed E-state index contributed by atoms with van der Waals surface area (Å²) in [5.74, 6) is 1.70. The van der Waals surface area contributed by atoms with Crippen LogP contribution in [-0.2, 0) is 0 Å². The van der Waals surface area contributed by atoms with E-state index in [9.17, 15) is 0 Å². The van der Waals surface area contributed by atoms with E-state index in [0.29, 0.717) is 12.1 Å². The summed E-state index contributed by atoms with van der Waals surface area (Å²) in [6.07, 6.45) is 4.04. The minimum Gasteiger partial charge on any atom is -0.306 e. The fourth-order valence-corrected chi connectivity index (χ4v) is 3.60. The zero-order chi connectivity index (χ0) is 12.4. The minimum atomic E-state index is 0.390. The third-order valence-electron chi connectivity index (χ3n) is 3.98. The molecule has 1 saturated carbocycles. The Morgan fingerprint density at radius 3 is 2.76 bits per heavy atom. The van der Waals surface area contributed by atoms with Crippen LogP contribution in [0.5, 0.6) is 0 Å². The van der Waals surface area contributed by atoms with Crippen LogP contribution in [0.15, 0.2) is 5.38 Å². The fraction of sp³-hybridized carbons (Fsp3) is 0.786. The van der Waals surface area contributed by atoms with E-state index < -0.39 is 0 Å². The Morgan fingerprint density at radius 1 is 1.41 bits per heavy atom. The van der Waals surface area contributed by atoms with Crippen molar-refractivity contribution in [3.05, 3.63) is 16.1 Å². The second kappa shape index (κ2) is 5.49. The van der Waals surface area contributed by atoms with Gasteiger partial charge in [-0.05, 0) is 44.9 Å². The van der Waals surface area contributed by atoms with Crippen molar-refractivity contribution >= 4 is 11.3 Å². The standard InChI is InChI=1S/C14H24N2S/c1-9-5-6-13(10(2)7-9)15-11(3)14-8-17-12(4)16-14/h8-11,13,15H,5-7H2,1-4H3. The summed E-state index contributed by atoms with van der Waals surface area (Å²) in [5.41, 5.74) is 1.21. The van der Waals surface area contributed by atoms with Gasteiger partial charge < -0.3 is 5.32 Å².